The Kier molecular flexibility index (Phi) is 10.2. The van der Waals surface area contributed by atoms with Gasteiger partial charge in [-0.1, -0.05) is 0 Å². The molecule has 2 unspecified atom stereocenters. The largest absolute Gasteiger partial charge is 0.469 e. The molecule has 2 aliphatic rings. The molecule has 0 radical (unpaired) electrons. The molecule has 2 aromatic heterocycles. The standard InChI is InChI=1S/C15H20N2O4.C14H18N2O3/c1-8-11-5-10(15(19)20-4)6-12(11)9(2)17-14(8)21-7-13(18)16-3;1-8-11-4-10(6-17)5-12(11)9(2)16-14(8)19-7-13(18)15-3/h10H,5-7H2,1-4H3,(H,16,18);6,10H,4-5,7H2,1-3H3,(H,15,18). The van der Waals surface area contributed by atoms with Crippen molar-refractivity contribution in [2.75, 3.05) is 34.4 Å². The van der Waals surface area contributed by atoms with Gasteiger partial charge in [-0.2, -0.15) is 0 Å². The number of esters is 1. The average Bonchev–Trinajstić information content (AvgIpc) is 3.61. The summed E-state index contributed by atoms with van der Waals surface area (Å²) in [7, 11) is 4.52. The fraction of sp³-hybridized carbons (Fsp3) is 0.517. The number of pyridine rings is 2. The van der Waals surface area contributed by atoms with E-state index in [0.717, 1.165) is 63.9 Å². The van der Waals surface area contributed by atoms with Gasteiger partial charge in [0.05, 0.1) is 13.0 Å². The third-order valence-corrected chi connectivity index (χ3v) is 7.49. The van der Waals surface area contributed by atoms with E-state index in [1.54, 1.807) is 14.1 Å². The highest BCUT2D eigenvalue weighted by Gasteiger charge is 2.32. The molecule has 11 heteroatoms. The summed E-state index contributed by atoms with van der Waals surface area (Å²) in [6.45, 7) is 7.54. The van der Waals surface area contributed by atoms with Crippen LogP contribution in [0.1, 0.15) is 44.8 Å². The van der Waals surface area contributed by atoms with Crippen molar-refractivity contribution < 1.29 is 33.4 Å². The maximum Gasteiger partial charge on any atom is 0.309 e. The number of methoxy groups -OCH3 is 1. The molecule has 11 nitrogen and oxygen atoms in total. The van der Waals surface area contributed by atoms with Crippen LogP contribution >= 0.6 is 0 Å². The summed E-state index contributed by atoms with van der Waals surface area (Å²) in [5.74, 6) is 0.248. The lowest BCUT2D eigenvalue weighted by atomic mass is 10.0. The number of nitrogens with one attached hydrogen (secondary N) is 2. The number of amides is 2. The minimum atomic E-state index is -0.207. The molecule has 40 heavy (non-hydrogen) atoms. The van der Waals surface area contributed by atoms with E-state index in [-0.39, 0.29) is 42.8 Å². The number of ether oxygens (including phenoxy) is 3. The fourth-order valence-electron chi connectivity index (χ4n) is 5.13. The van der Waals surface area contributed by atoms with Crippen molar-refractivity contribution >= 4 is 24.1 Å². The van der Waals surface area contributed by atoms with Gasteiger partial charge in [-0.05, 0) is 75.6 Å². The second-order valence-electron chi connectivity index (χ2n) is 10.0. The molecule has 2 aromatic rings. The molecular weight excluding hydrogens is 516 g/mol. The number of hydrogen-bond donors (Lipinski definition) is 2. The first-order valence-corrected chi connectivity index (χ1v) is 13.2. The summed E-state index contributed by atoms with van der Waals surface area (Å²) < 4.78 is 15.8. The van der Waals surface area contributed by atoms with Crippen LogP contribution in [0.25, 0.3) is 0 Å². The predicted octanol–water partition coefficient (Wildman–Crippen LogP) is 1.45. The highest BCUT2D eigenvalue weighted by molar-refractivity contribution is 5.77. The molecule has 0 aromatic carbocycles. The van der Waals surface area contributed by atoms with Gasteiger partial charge in [0.15, 0.2) is 13.2 Å². The van der Waals surface area contributed by atoms with Gasteiger partial charge in [-0.25, -0.2) is 9.97 Å². The summed E-state index contributed by atoms with van der Waals surface area (Å²) in [6.07, 6.45) is 3.79. The highest BCUT2D eigenvalue weighted by atomic mass is 16.5. The maximum absolute atomic E-state index is 11.7. The van der Waals surface area contributed by atoms with Gasteiger partial charge in [-0.15, -0.1) is 0 Å². The SMILES string of the molecule is CNC(=O)COc1nc(C)c2c(c1C)CC(C(=O)OC)C2.CNC(=O)COc1nc(C)c2c(c1C)CC(C=O)C2. The van der Waals surface area contributed by atoms with E-state index in [1.807, 2.05) is 27.7 Å². The van der Waals surface area contributed by atoms with E-state index in [4.69, 9.17) is 14.2 Å². The van der Waals surface area contributed by atoms with Crippen LogP contribution in [0.15, 0.2) is 0 Å². The lowest BCUT2D eigenvalue weighted by Gasteiger charge is -2.13. The van der Waals surface area contributed by atoms with Gasteiger partial charge in [0.25, 0.3) is 11.8 Å². The van der Waals surface area contributed by atoms with Gasteiger partial charge in [0, 0.05) is 42.5 Å². The molecule has 2 N–H and O–H groups in total. The molecule has 216 valence electrons. The summed E-state index contributed by atoms with van der Waals surface area (Å²) in [5, 5.41) is 5.00. The van der Waals surface area contributed by atoms with E-state index in [0.29, 0.717) is 24.6 Å². The van der Waals surface area contributed by atoms with Crippen LogP contribution < -0.4 is 20.1 Å². The third kappa shape index (κ3) is 6.75. The maximum atomic E-state index is 11.7. The van der Waals surface area contributed by atoms with E-state index in [2.05, 4.69) is 20.6 Å². The zero-order chi connectivity index (χ0) is 29.6. The Bertz CT molecular complexity index is 1310. The predicted molar refractivity (Wildman–Crippen MR) is 146 cm³/mol. The third-order valence-electron chi connectivity index (χ3n) is 7.49. The molecule has 0 aliphatic heterocycles. The first-order chi connectivity index (χ1) is 19.0. The summed E-state index contributed by atoms with van der Waals surface area (Å²) in [4.78, 5) is 53.9. The number of hydrogen-bond acceptors (Lipinski definition) is 9. The van der Waals surface area contributed by atoms with E-state index in [1.165, 1.54) is 7.11 Å². The number of aryl methyl sites for hydroxylation is 2. The minimum absolute atomic E-state index is 0.0420. The Labute approximate surface area is 234 Å². The van der Waals surface area contributed by atoms with Gasteiger partial charge >= 0.3 is 5.97 Å². The van der Waals surface area contributed by atoms with E-state index in [9.17, 15) is 19.2 Å². The zero-order valence-corrected chi connectivity index (χ0v) is 24.2. The number of carbonyl (C=O) groups excluding carboxylic acids is 4. The van der Waals surface area contributed by atoms with Gasteiger partial charge in [0.1, 0.15) is 6.29 Å². The molecule has 2 heterocycles. The topological polar surface area (TPSA) is 146 Å². The molecular formula is C29H38N4O7. The zero-order valence-electron chi connectivity index (χ0n) is 24.2. The highest BCUT2D eigenvalue weighted by Crippen LogP contribution is 2.36. The van der Waals surface area contributed by atoms with Crippen LogP contribution in [-0.2, 0) is 49.6 Å². The van der Waals surface area contributed by atoms with Crippen LogP contribution in [0.2, 0.25) is 0 Å². The minimum Gasteiger partial charge on any atom is -0.469 e. The second-order valence-corrected chi connectivity index (χ2v) is 10.0. The average molecular weight is 555 g/mol. The first kappa shape index (κ1) is 30.5. The van der Waals surface area contributed by atoms with Crippen LogP contribution in [0.4, 0.5) is 0 Å². The van der Waals surface area contributed by atoms with Crippen LogP contribution in [0.5, 0.6) is 11.8 Å². The van der Waals surface area contributed by atoms with Crippen molar-refractivity contribution in [2.45, 2.75) is 53.4 Å². The molecule has 2 aliphatic carbocycles. The fourth-order valence-corrected chi connectivity index (χ4v) is 5.13. The molecule has 0 spiro atoms. The Morgan fingerprint density at radius 3 is 1.65 bits per heavy atom. The lowest BCUT2D eigenvalue weighted by molar-refractivity contribution is -0.145. The van der Waals surface area contributed by atoms with Crippen molar-refractivity contribution in [2.24, 2.45) is 11.8 Å². The normalized spacial score (nSPS) is 16.6. The molecule has 0 bridgehead atoms. The van der Waals surface area contributed by atoms with Crippen molar-refractivity contribution in [1.82, 2.24) is 20.6 Å². The number of rotatable bonds is 8. The van der Waals surface area contributed by atoms with Crippen LogP contribution in [-0.4, -0.2) is 68.5 Å². The number of nitrogens with zero attached hydrogens (tertiary/aromatic N) is 2. The number of likely N-dealkylation sites (N-methyl/N-ethyl adjacent to an activating group) is 2. The monoisotopic (exact) mass is 554 g/mol. The lowest BCUT2D eigenvalue weighted by Crippen LogP contribution is -2.25. The number of carbonyl (C=O) groups is 4. The van der Waals surface area contributed by atoms with Crippen molar-refractivity contribution in [3.63, 3.8) is 0 Å². The van der Waals surface area contributed by atoms with E-state index < -0.39 is 0 Å². The second kappa shape index (κ2) is 13.4. The number of fused-ring (bicyclic) bond motifs is 2. The smallest absolute Gasteiger partial charge is 0.309 e. The molecule has 2 amide bonds. The molecule has 0 saturated carbocycles. The van der Waals surface area contributed by atoms with Crippen molar-refractivity contribution in [1.29, 1.82) is 0 Å². The Morgan fingerprint density at radius 1 is 0.775 bits per heavy atom. The number of aromatic nitrogens is 2. The Hall–Kier alpha value is -4.02. The van der Waals surface area contributed by atoms with Gasteiger partial charge < -0.3 is 29.6 Å². The number of aldehydes is 1. The summed E-state index contributed by atoms with van der Waals surface area (Å²) in [6, 6.07) is 0. The Morgan fingerprint density at radius 2 is 1.20 bits per heavy atom. The summed E-state index contributed by atoms with van der Waals surface area (Å²) in [5.41, 5.74) is 8.05. The first-order valence-electron chi connectivity index (χ1n) is 13.2. The molecule has 4 rings (SSSR count). The van der Waals surface area contributed by atoms with Crippen molar-refractivity contribution in [3.8, 4) is 11.8 Å². The van der Waals surface area contributed by atoms with Gasteiger partial charge in [-0.3, -0.25) is 14.4 Å². The quantitative estimate of drug-likeness (QED) is 0.366. The van der Waals surface area contributed by atoms with Crippen LogP contribution in [0, 0.1) is 39.5 Å². The van der Waals surface area contributed by atoms with Gasteiger partial charge in [0.2, 0.25) is 11.8 Å². The molecule has 2 atom stereocenters. The Balaban J connectivity index is 0.000000222. The van der Waals surface area contributed by atoms with Crippen molar-refractivity contribution in [3.05, 3.63) is 44.8 Å². The van der Waals surface area contributed by atoms with E-state index >= 15 is 0 Å². The van der Waals surface area contributed by atoms with Crippen LogP contribution in [0.3, 0.4) is 0 Å². The molecule has 0 saturated heterocycles. The molecule has 0 fully saturated rings. The summed E-state index contributed by atoms with van der Waals surface area (Å²) >= 11 is 0.